The lowest BCUT2D eigenvalue weighted by Crippen LogP contribution is -2.25. The highest BCUT2D eigenvalue weighted by atomic mass is 79.9. The summed E-state index contributed by atoms with van der Waals surface area (Å²) in [5, 5.41) is 4.11. The number of benzene rings is 1. The first kappa shape index (κ1) is 17.8. The SMILES string of the molecule is COc1ccc(S(=O)(=O)NCCCn2cc(Br)cn2)cc1OC. The van der Waals surface area contributed by atoms with Crippen LogP contribution in [0.15, 0.2) is 40.0 Å². The third kappa shape index (κ3) is 4.69. The summed E-state index contributed by atoms with van der Waals surface area (Å²) >= 11 is 3.31. The molecule has 0 spiro atoms. The average Bonchev–Trinajstić information content (AvgIpc) is 2.96. The zero-order chi connectivity index (χ0) is 16.9. The van der Waals surface area contributed by atoms with E-state index in [0.717, 1.165) is 4.47 Å². The van der Waals surface area contributed by atoms with Crippen LogP contribution < -0.4 is 14.2 Å². The Bertz CT molecular complexity index is 761. The Kier molecular flexibility index (Phi) is 6.03. The predicted octanol–water partition coefficient (Wildman–Crippen LogP) is 2.03. The number of aromatic nitrogens is 2. The standard InChI is InChI=1S/C14H18BrN3O4S/c1-21-13-5-4-12(8-14(13)22-2)23(19,20)17-6-3-7-18-10-11(15)9-16-18/h4-5,8-10,17H,3,6-7H2,1-2H3. The van der Waals surface area contributed by atoms with Crippen LogP contribution in [-0.4, -0.2) is 39.0 Å². The Balaban J connectivity index is 1.96. The molecule has 23 heavy (non-hydrogen) atoms. The molecule has 0 aliphatic carbocycles. The minimum atomic E-state index is -3.59. The molecule has 0 aliphatic heterocycles. The van der Waals surface area contributed by atoms with Gasteiger partial charge < -0.3 is 9.47 Å². The number of hydrogen-bond acceptors (Lipinski definition) is 5. The summed E-state index contributed by atoms with van der Waals surface area (Å²) in [6.45, 7) is 0.939. The molecular weight excluding hydrogens is 386 g/mol. The molecule has 0 bridgehead atoms. The molecule has 0 atom stereocenters. The van der Waals surface area contributed by atoms with Gasteiger partial charge in [0, 0.05) is 25.4 Å². The van der Waals surface area contributed by atoms with Crippen LogP contribution in [0.2, 0.25) is 0 Å². The number of halogens is 1. The Hall–Kier alpha value is -1.58. The van der Waals surface area contributed by atoms with E-state index in [0.29, 0.717) is 31.0 Å². The van der Waals surface area contributed by atoms with Crippen LogP contribution in [-0.2, 0) is 16.6 Å². The van der Waals surface area contributed by atoms with Crippen molar-refractivity contribution in [1.29, 1.82) is 0 Å². The van der Waals surface area contributed by atoms with Crippen LogP contribution in [0.1, 0.15) is 6.42 Å². The van der Waals surface area contributed by atoms with Crippen molar-refractivity contribution in [2.24, 2.45) is 0 Å². The van der Waals surface area contributed by atoms with Gasteiger partial charge in [-0.3, -0.25) is 4.68 Å². The number of rotatable bonds is 8. The maximum atomic E-state index is 12.3. The number of nitrogens with one attached hydrogen (secondary N) is 1. The van der Waals surface area contributed by atoms with Crippen LogP contribution in [0.4, 0.5) is 0 Å². The van der Waals surface area contributed by atoms with E-state index in [4.69, 9.17) is 9.47 Å². The molecule has 0 saturated heterocycles. The smallest absolute Gasteiger partial charge is 0.240 e. The van der Waals surface area contributed by atoms with E-state index in [9.17, 15) is 8.42 Å². The van der Waals surface area contributed by atoms with Crippen LogP contribution >= 0.6 is 15.9 Å². The maximum Gasteiger partial charge on any atom is 0.240 e. The number of methoxy groups -OCH3 is 2. The van der Waals surface area contributed by atoms with Gasteiger partial charge in [0.1, 0.15) is 0 Å². The quantitative estimate of drug-likeness (QED) is 0.681. The number of hydrogen-bond donors (Lipinski definition) is 1. The number of aryl methyl sites for hydroxylation is 1. The number of nitrogens with zero attached hydrogens (tertiary/aromatic N) is 2. The van der Waals surface area contributed by atoms with E-state index >= 15 is 0 Å². The van der Waals surface area contributed by atoms with Crippen molar-refractivity contribution < 1.29 is 17.9 Å². The van der Waals surface area contributed by atoms with E-state index in [-0.39, 0.29) is 4.90 Å². The van der Waals surface area contributed by atoms with Gasteiger partial charge in [-0.15, -0.1) is 0 Å². The van der Waals surface area contributed by atoms with E-state index in [1.807, 2.05) is 6.20 Å². The topological polar surface area (TPSA) is 82.5 Å². The van der Waals surface area contributed by atoms with Crippen LogP contribution in [0.5, 0.6) is 11.5 Å². The summed E-state index contributed by atoms with van der Waals surface area (Å²) in [6, 6.07) is 4.48. The molecule has 2 rings (SSSR count). The van der Waals surface area contributed by atoms with Crippen LogP contribution in [0.3, 0.4) is 0 Å². The van der Waals surface area contributed by atoms with Gasteiger partial charge >= 0.3 is 0 Å². The highest BCUT2D eigenvalue weighted by Crippen LogP contribution is 2.29. The minimum absolute atomic E-state index is 0.136. The summed E-state index contributed by atoms with van der Waals surface area (Å²) in [5.74, 6) is 0.854. The summed E-state index contributed by atoms with van der Waals surface area (Å²) in [7, 11) is -0.631. The van der Waals surface area contributed by atoms with Gasteiger partial charge in [-0.2, -0.15) is 5.10 Å². The molecule has 7 nitrogen and oxygen atoms in total. The fraction of sp³-hybridized carbons (Fsp3) is 0.357. The Morgan fingerprint density at radius 1 is 1.26 bits per heavy atom. The lowest BCUT2D eigenvalue weighted by atomic mass is 10.3. The van der Waals surface area contributed by atoms with E-state index in [1.54, 1.807) is 16.9 Å². The van der Waals surface area contributed by atoms with E-state index in [1.165, 1.54) is 26.4 Å². The molecule has 1 aromatic heterocycles. The predicted molar refractivity (Wildman–Crippen MR) is 89.3 cm³/mol. The van der Waals surface area contributed by atoms with Gasteiger partial charge in [0.05, 0.1) is 29.8 Å². The molecule has 0 amide bonds. The largest absolute Gasteiger partial charge is 0.493 e. The van der Waals surface area contributed by atoms with Crippen LogP contribution in [0.25, 0.3) is 0 Å². The third-order valence-electron chi connectivity index (χ3n) is 3.12. The summed E-state index contributed by atoms with van der Waals surface area (Å²) < 4.78 is 40.0. The van der Waals surface area contributed by atoms with E-state index in [2.05, 4.69) is 25.8 Å². The maximum absolute atomic E-state index is 12.3. The first-order chi connectivity index (χ1) is 11.0. The fourth-order valence-corrected chi connectivity index (χ4v) is 3.39. The molecule has 0 radical (unpaired) electrons. The number of ether oxygens (including phenoxy) is 2. The van der Waals surface area contributed by atoms with Gasteiger partial charge in [-0.05, 0) is 34.5 Å². The van der Waals surface area contributed by atoms with E-state index < -0.39 is 10.0 Å². The molecule has 126 valence electrons. The molecule has 0 fully saturated rings. The fourth-order valence-electron chi connectivity index (χ4n) is 1.98. The zero-order valence-corrected chi connectivity index (χ0v) is 15.2. The Morgan fingerprint density at radius 2 is 2.00 bits per heavy atom. The highest BCUT2D eigenvalue weighted by molar-refractivity contribution is 9.10. The third-order valence-corrected chi connectivity index (χ3v) is 4.99. The second kappa shape index (κ2) is 7.80. The minimum Gasteiger partial charge on any atom is -0.493 e. The zero-order valence-electron chi connectivity index (χ0n) is 12.8. The Labute approximate surface area is 143 Å². The van der Waals surface area contributed by atoms with Gasteiger partial charge in [-0.25, -0.2) is 13.1 Å². The molecule has 0 saturated carbocycles. The van der Waals surface area contributed by atoms with Crippen molar-refractivity contribution in [2.75, 3.05) is 20.8 Å². The molecule has 0 unspecified atom stereocenters. The molecule has 0 aliphatic rings. The van der Waals surface area contributed by atoms with Crippen molar-refractivity contribution in [3.05, 3.63) is 35.1 Å². The van der Waals surface area contributed by atoms with Gasteiger partial charge in [0.2, 0.25) is 10.0 Å². The van der Waals surface area contributed by atoms with Gasteiger partial charge in [0.15, 0.2) is 11.5 Å². The summed E-state index contributed by atoms with van der Waals surface area (Å²) in [5.41, 5.74) is 0. The highest BCUT2D eigenvalue weighted by Gasteiger charge is 2.16. The van der Waals surface area contributed by atoms with Crippen molar-refractivity contribution in [1.82, 2.24) is 14.5 Å². The molecule has 1 heterocycles. The molecule has 1 aromatic carbocycles. The van der Waals surface area contributed by atoms with Gasteiger partial charge in [-0.1, -0.05) is 0 Å². The van der Waals surface area contributed by atoms with Crippen molar-refractivity contribution in [3.8, 4) is 11.5 Å². The molecule has 2 aromatic rings. The second-order valence-corrected chi connectivity index (χ2v) is 7.37. The molecular formula is C14H18BrN3O4S. The van der Waals surface area contributed by atoms with Crippen molar-refractivity contribution >= 4 is 26.0 Å². The van der Waals surface area contributed by atoms with Crippen molar-refractivity contribution in [2.45, 2.75) is 17.9 Å². The molecule has 1 N–H and O–H groups in total. The summed E-state index contributed by atoms with van der Waals surface area (Å²) in [4.78, 5) is 0.136. The van der Waals surface area contributed by atoms with Gasteiger partial charge in [0.25, 0.3) is 0 Å². The Morgan fingerprint density at radius 3 is 2.61 bits per heavy atom. The summed E-state index contributed by atoms with van der Waals surface area (Å²) in [6.07, 6.45) is 4.15. The van der Waals surface area contributed by atoms with Crippen molar-refractivity contribution in [3.63, 3.8) is 0 Å². The monoisotopic (exact) mass is 403 g/mol. The second-order valence-electron chi connectivity index (χ2n) is 4.69. The first-order valence-electron chi connectivity index (χ1n) is 6.86. The normalized spacial score (nSPS) is 11.4. The number of sulfonamides is 1. The lowest BCUT2D eigenvalue weighted by Gasteiger charge is -2.11. The van der Waals surface area contributed by atoms with Crippen LogP contribution in [0, 0.1) is 0 Å². The average molecular weight is 404 g/mol. The first-order valence-corrected chi connectivity index (χ1v) is 9.13. The molecule has 9 heteroatoms. The lowest BCUT2D eigenvalue weighted by molar-refractivity contribution is 0.354.